The first-order valence-corrected chi connectivity index (χ1v) is 7.04. The van der Waals surface area contributed by atoms with E-state index < -0.39 is 0 Å². The predicted molar refractivity (Wildman–Crippen MR) is 92.4 cm³/mol. The van der Waals surface area contributed by atoms with Crippen molar-refractivity contribution in [3.8, 4) is 0 Å². The van der Waals surface area contributed by atoms with Crippen molar-refractivity contribution in [1.29, 1.82) is 0 Å². The summed E-state index contributed by atoms with van der Waals surface area (Å²) in [6, 6.07) is 7.78. The monoisotopic (exact) mass is 333 g/mol. The molecule has 0 spiro atoms. The summed E-state index contributed by atoms with van der Waals surface area (Å²) >= 11 is 0. The molecule has 21 heavy (non-hydrogen) atoms. The van der Waals surface area contributed by atoms with E-state index in [2.05, 4.69) is 11.8 Å². The van der Waals surface area contributed by atoms with Gasteiger partial charge in [0, 0.05) is 38.3 Å². The lowest BCUT2D eigenvalue weighted by Gasteiger charge is -2.34. The topological polar surface area (TPSA) is 49.6 Å². The number of hydrogen-bond acceptors (Lipinski definition) is 3. The highest BCUT2D eigenvalue weighted by Gasteiger charge is 2.19. The number of nitrogens with two attached hydrogens (primary N) is 1. The van der Waals surface area contributed by atoms with Crippen LogP contribution in [0.5, 0.6) is 0 Å². The Morgan fingerprint density at radius 1 is 1.14 bits per heavy atom. The Kier molecular flexibility index (Phi) is 9.42. The van der Waals surface area contributed by atoms with Crippen LogP contribution in [0.25, 0.3) is 0 Å². The number of carbonyl (C=O) groups is 1. The van der Waals surface area contributed by atoms with Crippen molar-refractivity contribution in [3.05, 3.63) is 29.8 Å². The van der Waals surface area contributed by atoms with Crippen LogP contribution >= 0.6 is 24.8 Å². The Morgan fingerprint density at radius 2 is 1.76 bits per heavy atom. The molecule has 120 valence electrons. The number of aryl methyl sites for hydroxylation is 1. The molecule has 2 rings (SSSR count). The van der Waals surface area contributed by atoms with Gasteiger partial charge in [-0.15, -0.1) is 24.8 Å². The average Bonchev–Trinajstić information content (AvgIpc) is 2.46. The molecule has 1 aromatic rings. The van der Waals surface area contributed by atoms with Crippen LogP contribution in [0.4, 0.5) is 5.69 Å². The summed E-state index contributed by atoms with van der Waals surface area (Å²) in [5.74, 6) is 0.249. The van der Waals surface area contributed by atoms with Gasteiger partial charge in [-0.3, -0.25) is 4.79 Å². The molecule has 0 aliphatic carbocycles. The fourth-order valence-electron chi connectivity index (χ4n) is 2.48. The maximum absolute atomic E-state index is 12.1. The lowest BCUT2D eigenvalue weighted by molar-refractivity contribution is -0.132. The number of hydrogen-bond donors (Lipinski definition) is 1. The third kappa shape index (κ3) is 5.73. The van der Waals surface area contributed by atoms with E-state index in [0.717, 1.165) is 50.4 Å². The maximum atomic E-state index is 12.1. The quantitative estimate of drug-likeness (QED) is 0.859. The number of rotatable bonds is 4. The zero-order chi connectivity index (χ0) is 13.7. The maximum Gasteiger partial charge on any atom is 0.222 e. The molecule has 1 aliphatic rings. The van der Waals surface area contributed by atoms with Gasteiger partial charge in [0.1, 0.15) is 0 Å². The second-order valence-electron chi connectivity index (χ2n) is 5.01. The fraction of sp³-hybridized carbons (Fsp3) is 0.533. The summed E-state index contributed by atoms with van der Waals surface area (Å²) in [6.45, 7) is 6.94. The smallest absolute Gasteiger partial charge is 0.222 e. The summed E-state index contributed by atoms with van der Waals surface area (Å²) in [4.78, 5) is 16.5. The Labute approximate surface area is 139 Å². The van der Waals surface area contributed by atoms with Crippen LogP contribution in [0.3, 0.4) is 0 Å². The fourth-order valence-corrected chi connectivity index (χ4v) is 2.48. The van der Waals surface area contributed by atoms with Crippen molar-refractivity contribution in [1.82, 2.24) is 9.80 Å². The molecule has 1 saturated heterocycles. The molecule has 1 amide bonds. The van der Waals surface area contributed by atoms with Crippen molar-refractivity contribution in [2.45, 2.75) is 19.8 Å². The van der Waals surface area contributed by atoms with Crippen molar-refractivity contribution in [3.63, 3.8) is 0 Å². The number of carbonyl (C=O) groups excluding carboxylic acids is 1. The van der Waals surface area contributed by atoms with Gasteiger partial charge in [0.25, 0.3) is 0 Å². The van der Waals surface area contributed by atoms with Gasteiger partial charge in [0.05, 0.1) is 0 Å². The zero-order valence-electron chi connectivity index (χ0n) is 12.5. The number of halogens is 2. The standard InChI is InChI=1S/C15H23N3O.2ClH/c1-2-17-9-11-18(12-10-17)15(19)8-7-13-5-3-4-6-14(13)16;;/h3-6H,2,7-12,16H2,1H3;2*1H. The minimum absolute atomic E-state index is 0. The first kappa shape index (κ1) is 20.0. The van der Waals surface area contributed by atoms with Crippen LogP contribution in [0.2, 0.25) is 0 Å². The third-order valence-electron chi connectivity index (χ3n) is 3.84. The molecule has 4 nitrogen and oxygen atoms in total. The molecule has 1 aliphatic heterocycles. The van der Waals surface area contributed by atoms with Crippen LogP contribution < -0.4 is 5.73 Å². The normalized spacial score (nSPS) is 15.0. The molecule has 0 aromatic heterocycles. The lowest BCUT2D eigenvalue weighted by Crippen LogP contribution is -2.48. The van der Waals surface area contributed by atoms with Gasteiger partial charge in [0.2, 0.25) is 5.91 Å². The number of anilines is 1. The second kappa shape index (κ2) is 9.87. The van der Waals surface area contributed by atoms with Gasteiger partial charge in [-0.05, 0) is 24.6 Å². The largest absolute Gasteiger partial charge is 0.399 e. The summed E-state index contributed by atoms with van der Waals surface area (Å²) in [6.07, 6.45) is 1.29. The summed E-state index contributed by atoms with van der Waals surface area (Å²) in [5.41, 5.74) is 7.75. The molecule has 1 fully saturated rings. The van der Waals surface area contributed by atoms with Crippen molar-refractivity contribution < 1.29 is 4.79 Å². The first-order valence-electron chi connectivity index (χ1n) is 7.04. The van der Waals surface area contributed by atoms with Crippen molar-refractivity contribution >= 4 is 36.4 Å². The van der Waals surface area contributed by atoms with E-state index in [9.17, 15) is 4.79 Å². The molecular formula is C15H25Cl2N3O. The lowest BCUT2D eigenvalue weighted by atomic mass is 10.1. The van der Waals surface area contributed by atoms with E-state index >= 15 is 0 Å². The van der Waals surface area contributed by atoms with Gasteiger partial charge in [-0.25, -0.2) is 0 Å². The molecule has 0 unspecified atom stereocenters. The average molecular weight is 334 g/mol. The third-order valence-corrected chi connectivity index (χ3v) is 3.84. The van der Waals surface area contributed by atoms with E-state index in [1.54, 1.807) is 0 Å². The molecule has 2 N–H and O–H groups in total. The molecule has 1 heterocycles. The molecule has 0 radical (unpaired) electrons. The minimum atomic E-state index is 0. The van der Waals surface area contributed by atoms with Crippen LogP contribution in [0.1, 0.15) is 18.9 Å². The first-order chi connectivity index (χ1) is 9.20. The Balaban J connectivity index is 0.00000200. The van der Waals surface area contributed by atoms with Crippen LogP contribution in [-0.2, 0) is 11.2 Å². The molecular weight excluding hydrogens is 309 g/mol. The SMILES string of the molecule is CCN1CCN(C(=O)CCc2ccccc2N)CC1.Cl.Cl. The molecule has 0 saturated carbocycles. The molecule has 0 bridgehead atoms. The Hall–Kier alpha value is -0.970. The Bertz CT molecular complexity index is 435. The second-order valence-corrected chi connectivity index (χ2v) is 5.01. The van der Waals surface area contributed by atoms with Gasteiger partial charge < -0.3 is 15.5 Å². The van der Waals surface area contributed by atoms with Crippen LogP contribution in [0, 0.1) is 0 Å². The van der Waals surface area contributed by atoms with Crippen molar-refractivity contribution in [2.24, 2.45) is 0 Å². The van der Waals surface area contributed by atoms with E-state index in [1.807, 2.05) is 29.2 Å². The predicted octanol–water partition coefficient (Wildman–Crippen LogP) is 2.21. The highest BCUT2D eigenvalue weighted by atomic mass is 35.5. The molecule has 0 atom stereocenters. The van der Waals surface area contributed by atoms with E-state index in [-0.39, 0.29) is 30.7 Å². The van der Waals surface area contributed by atoms with E-state index in [4.69, 9.17) is 5.73 Å². The number of para-hydroxylation sites is 1. The van der Waals surface area contributed by atoms with E-state index in [1.165, 1.54) is 0 Å². The number of benzene rings is 1. The highest BCUT2D eigenvalue weighted by Crippen LogP contribution is 2.14. The summed E-state index contributed by atoms with van der Waals surface area (Å²) < 4.78 is 0. The van der Waals surface area contributed by atoms with Gasteiger partial charge in [-0.1, -0.05) is 25.1 Å². The number of nitrogens with zero attached hydrogens (tertiary/aromatic N) is 2. The zero-order valence-corrected chi connectivity index (χ0v) is 14.1. The number of amides is 1. The number of likely N-dealkylation sites (N-methyl/N-ethyl adjacent to an activating group) is 1. The van der Waals surface area contributed by atoms with Gasteiger partial charge in [0.15, 0.2) is 0 Å². The number of piperazine rings is 1. The number of nitrogen functional groups attached to an aromatic ring is 1. The van der Waals surface area contributed by atoms with Gasteiger partial charge >= 0.3 is 0 Å². The van der Waals surface area contributed by atoms with Crippen LogP contribution in [0.15, 0.2) is 24.3 Å². The Morgan fingerprint density at radius 3 is 2.33 bits per heavy atom. The van der Waals surface area contributed by atoms with E-state index in [0.29, 0.717) is 6.42 Å². The summed E-state index contributed by atoms with van der Waals surface area (Å²) in [5, 5.41) is 0. The summed E-state index contributed by atoms with van der Waals surface area (Å²) in [7, 11) is 0. The highest BCUT2D eigenvalue weighted by molar-refractivity contribution is 5.85. The van der Waals surface area contributed by atoms with Crippen molar-refractivity contribution in [2.75, 3.05) is 38.5 Å². The minimum Gasteiger partial charge on any atom is -0.399 e. The molecule has 1 aromatic carbocycles. The van der Waals surface area contributed by atoms with Crippen LogP contribution in [-0.4, -0.2) is 48.4 Å². The van der Waals surface area contributed by atoms with Gasteiger partial charge in [-0.2, -0.15) is 0 Å². The molecule has 6 heteroatoms.